The Morgan fingerprint density at radius 2 is 1.74 bits per heavy atom. The number of halogens is 1. The van der Waals surface area contributed by atoms with Gasteiger partial charge in [-0.2, -0.15) is 0 Å². The minimum atomic E-state index is -1.48. The van der Waals surface area contributed by atoms with Gasteiger partial charge in [0.15, 0.2) is 6.17 Å². The number of carboxylic acid groups (broad SMARTS) is 1. The van der Waals surface area contributed by atoms with Crippen molar-refractivity contribution in [2.24, 2.45) is 0 Å². The van der Waals surface area contributed by atoms with Crippen molar-refractivity contribution >= 4 is 46.8 Å². The van der Waals surface area contributed by atoms with Gasteiger partial charge in [0.1, 0.15) is 5.75 Å². The van der Waals surface area contributed by atoms with Gasteiger partial charge in [-0.1, -0.05) is 29.8 Å². The van der Waals surface area contributed by atoms with E-state index in [0.717, 1.165) is 11.0 Å². The van der Waals surface area contributed by atoms with Crippen LogP contribution in [0.1, 0.15) is 28.4 Å². The molecule has 1 aliphatic rings. The van der Waals surface area contributed by atoms with Crippen LogP contribution in [0.25, 0.3) is 0 Å². The van der Waals surface area contributed by atoms with Crippen molar-refractivity contribution < 1.29 is 33.9 Å². The molecule has 2 atom stereocenters. The lowest BCUT2D eigenvalue weighted by Crippen LogP contribution is -2.55. The molecule has 1 saturated heterocycles. The van der Waals surface area contributed by atoms with Gasteiger partial charge in [-0.15, -0.1) is 0 Å². The highest BCUT2D eigenvalue weighted by molar-refractivity contribution is 6.30. The maximum absolute atomic E-state index is 13.8. The Kier molecular flexibility index (Phi) is 9.22. The topological polar surface area (TPSA) is 171 Å². The van der Waals surface area contributed by atoms with Crippen molar-refractivity contribution in [3.05, 3.63) is 99.1 Å². The number of carbonyl (C=O) groups is 4. The minimum absolute atomic E-state index is 0.0113. The first kappa shape index (κ1) is 29.8. The Bertz CT molecular complexity index is 1520. The highest BCUT2D eigenvalue weighted by Gasteiger charge is 2.44. The predicted octanol–water partition coefficient (Wildman–Crippen LogP) is 3.91. The van der Waals surface area contributed by atoms with E-state index in [1.54, 1.807) is 36.4 Å². The second kappa shape index (κ2) is 13.0. The van der Waals surface area contributed by atoms with E-state index in [-0.39, 0.29) is 29.9 Å². The summed E-state index contributed by atoms with van der Waals surface area (Å²) < 4.78 is 5.20. The van der Waals surface area contributed by atoms with E-state index < -0.39 is 47.4 Å². The average molecular weight is 596 g/mol. The summed E-state index contributed by atoms with van der Waals surface area (Å²) in [5.74, 6) is -2.29. The number of non-ortho nitro benzene ring substituents is 1. The number of methoxy groups -OCH3 is 1. The second-order valence-electron chi connectivity index (χ2n) is 9.25. The highest BCUT2D eigenvalue weighted by Crippen LogP contribution is 2.26. The first-order chi connectivity index (χ1) is 20.1. The molecule has 3 aromatic rings. The zero-order valence-corrected chi connectivity index (χ0v) is 23.0. The molecule has 4 amide bonds. The molecule has 0 radical (unpaired) electrons. The number of hydrogen-bond acceptors (Lipinski definition) is 7. The van der Waals surface area contributed by atoms with Gasteiger partial charge < -0.3 is 25.4 Å². The quantitative estimate of drug-likeness (QED) is 0.247. The summed E-state index contributed by atoms with van der Waals surface area (Å²) in [5.41, 5.74) is 0.465. The Labute approximate surface area is 244 Å². The van der Waals surface area contributed by atoms with Gasteiger partial charge in [-0.3, -0.25) is 29.4 Å². The van der Waals surface area contributed by atoms with Gasteiger partial charge in [-0.05, 0) is 48.0 Å². The molecule has 0 bridgehead atoms. The number of carbonyl (C=O) groups excluding carboxylic acids is 3. The number of nitrogens with one attached hydrogen (secondary N) is 2. The number of nitro groups is 1. The fraction of sp³-hybridized carbons (Fsp3) is 0.214. The summed E-state index contributed by atoms with van der Waals surface area (Å²) in [7, 11) is 1.44. The first-order valence-electron chi connectivity index (χ1n) is 12.6. The van der Waals surface area contributed by atoms with Crippen LogP contribution < -0.4 is 15.4 Å². The van der Waals surface area contributed by atoms with Crippen molar-refractivity contribution in [1.82, 2.24) is 15.1 Å². The standard InChI is InChI=1S/C28H26ClN5O8/c1-42-22-7-3-5-18(15-22)27(38)32-12-13-33(28(39)30-20-10-8-19(29)9-11-20)26(32)25(37)31-23(16-24(35)36)17-4-2-6-21(14-17)34(40)41/h2-11,14-15,23,26H,12-13,16H2,1H3,(H,30,39)(H,31,37)(H,35,36). The summed E-state index contributed by atoms with van der Waals surface area (Å²) in [5, 5.41) is 26.5. The van der Waals surface area contributed by atoms with E-state index in [1.807, 2.05) is 0 Å². The molecule has 0 aliphatic carbocycles. The maximum Gasteiger partial charge on any atom is 0.323 e. The Morgan fingerprint density at radius 1 is 1.05 bits per heavy atom. The SMILES string of the molecule is COc1cccc(C(=O)N2CCN(C(=O)Nc3ccc(Cl)cc3)C2C(=O)NC(CC(=O)O)c2cccc([N+](=O)[O-])c2)c1. The zero-order chi connectivity index (χ0) is 30.4. The van der Waals surface area contributed by atoms with Crippen LogP contribution in [-0.4, -0.2) is 70.0 Å². The number of nitrogens with zero attached hydrogens (tertiary/aromatic N) is 3. The van der Waals surface area contributed by atoms with E-state index in [4.69, 9.17) is 16.3 Å². The van der Waals surface area contributed by atoms with Gasteiger partial charge in [0.05, 0.1) is 24.5 Å². The van der Waals surface area contributed by atoms with Crippen molar-refractivity contribution in [2.45, 2.75) is 18.6 Å². The van der Waals surface area contributed by atoms with E-state index in [0.29, 0.717) is 16.5 Å². The molecular weight excluding hydrogens is 570 g/mol. The number of rotatable bonds is 9. The van der Waals surface area contributed by atoms with Crippen LogP contribution in [0.4, 0.5) is 16.2 Å². The van der Waals surface area contributed by atoms with Gasteiger partial charge >= 0.3 is 12.0 Å². The van der Waals surface area contributed by atoms with Crippen LogP contribution in [0.2, 0.25) is 5.02 Å². The van der Waals surface area contributed by atoms with Crippen LogP contribution in [0, 0.1) is 10.1 Å². The van der Waals surface area contributed by atoms with Crippen LogP contribution >= 0.6 is 11.6 Å². The molecule has 1 aliphatic heterocycles. The Balaban J connectivity index is 1.67. The Hall–Kier alpha value is -5.17. The molecule has 2 unspecified atom stereocenters. The van der Waals surface area contributed by atoms with Crippen LogP contribution in [0.3, 0.4) is 0 Å². The molecule has 13 nitrogen and oxygen atoms in total. The van der Waals surface area contributed by atoms with Gasteiger partial charge in [0.25, 0.3) is 17.5 Å². The summed E-state index contributed by atoms with van der Waals surface area (Å²) in [6, 6.07) is 15.9. The summed E-state index contributed by atoms with van der Waals surface area (Å²) in [6.07, 6.45) is -2.09. The van der Waals surface area contributed by atoms with E-state index in [1.165, 1.54) is 42.3 Å². The third kappa shape index (κ3) is 6.93. The molecule has 1 heterocycles. The molecule has 14 heteroatoms. The van der Waals surface area contributed by atoms with Crippen LogP contribution in [0.15, 0.2) is 72.8 Å². The molecule has 218 valence electrons. The number of ether oxygens (including phenoxy) is 1. The largest absolute Gasteiger partial charge is 0.497 e. The molecule has 3 N–H and O–H groups in total. The van der Waals surface area contributed by atoms with E-state index in [2.05, 4.69) is 10.6 Å². The number of urea groups is 1. The number of amides is 4. The van der Waals surface area contributed by atoms with Crippen molar-refractivity contribution in [3.8, 4) is 5.75 Å². The summed E-state index contributed by atoms with van der Waals surface area (Å²) in [6.45, 7) is -0.0315. The predicted molar refractivity (Wildman–Crippen MR) is 151 cm³/mol. The van der Waals surface area contributed by atoms with Crippen LogP contribution in [-0.2, 0) is 9.59 Å². The monoisotopic (exact) mass is 595 g/mol. The van der Waals surface area contributed by atoms with Gasteiger partial charge in [-0.25, -0.2) is 4.79 Å². The van der Waals surface area contributed by atoms with Crippen LogP contribution in [0.5, 0.6) is 5.75 Å². The molecule has 0 saturated carbocycles. The average Bonchev–Trinajstić information content (AvgIpc) is 3.43. The number of hydrogen-bond donors (Lipinski definition) is 3. The molecule has 4 rings (SSSR count). The third-order valence-corrected chi connectivity index (χ3v) is 6.77. The van der Waals surface area contributed by atoms with Crippen molar-refractivity contribution in [3.63, 3.8) is 0 Å². The number of benzene rings is 3. The smallest absolute Gasteiger partial charge is 0.323 e. The molecule has 0 aromatic heterocycles. The van der Waals surface area contributed by atoms with Crippen molar-refractivity contribution in [2.75, 3.05) is 25.5 Å². The number of nitro benzene ring substituents is 1. The fourth-order valence-corrected chi connectivity index (χ4v) is 4.64. The van der Waals surface area contributed by atoms with Gasteiger partial charge in [0, 0.05) is 41.5 Å². The zero-order valence-electron chi connectivity index (χ0n) is 22.2. The molecule has 3 aromatic carbocycles. The highest BCUT2D eigenvalue weighted by atomic mass is 35.5. The maximum atomic E-state index is 13.8. The number of anilines is 1. The Morgan fingerprint density at radius 3 is 2.40 bits per heavy atom. The lowest BCUT2D eigenvalue weighted by atomic mass is 10.0. The lowest BCUT2D eigenvalue weighted by Gasteiger charge is -2.31. The van der Waals surface area contributed by atoms with Gasteiger partial charge in [0.2, 0.25) is 0 Å². The molecule has 0 spiro atoms. The molecule has 1 fully saturated rings. The fourth-order valence-electron chi connectivity index (χ4n) is 4.52. The van der Waals surface area contributed by atoms with Crippen molar-refractivity contribution in [1.29, 1.82) is 0 Å². The number of carboxylic acids is 1. The minimum Gasteiger partial charge on any atom is -0.497 e. The summed E-state index contributed by atoms with van der Waals surface area (Å²) in [4.78, 5) is 65.4. The summed E-state index contributed by atoms with van der Waals surface area (Å²) >= 11 is 5.93. The van der Waals surface area contributed by atoms with E-state index >= 15 is 0 Å². The first-order valence-corrected chi connectivity index (χ1v) is 13.0. The second-order valence-corrected chi connectivity index (χ2v) is 9.68. The van der Waals surface area contributed by atoms with E-state index in [9.17, 15) is 34.4 Å². The molecule has 42 heavy (non-hydrogen) atoms. The normalized spacial score (nSPS) is 15.0. The third-order valence-electron chi connectivity index (χ3n) is 6.52. The lowest BCUT2D eigenvalue weighted by molar-refractivity contribution is -0.384. The molecular formula is C28H26ClN5O8. The number of aliphatic carboxylic acids is 1.